The smallest absolute Gasteiger partial charge is 0.308 e. The molecule has 0 bridgehead atoms. The van der Waals surface area contributed by atoms with Gasteiger partial charge in [0, 0.05) is 30.8 Å². The summed E-state index contributed by atoms with van der Waals surface area (Å²) >= 11 is 0. The van der Waals surface area contributed by atoms with E-state index in [2.05, 4.69) is 12.2 Å². The zero-order valence-corrected chi connectivity index (χ0v) is 18.7. The quantitative estimate of drug-likeness (QED) is 0.214. The van der Waals surface area contributed by atoms with Crippen LogP contribution in [0, 0.1) is 10.1 Å². The van der Waals surface area contributed by atoms with Gasteiger partial charge >= 0.3 is 5.97 Å². The lowest BCUT2D eigenvalue weighted by atomic mass is 10.1. The Morgan fingerprint density at radius 2 is 1.84 bits per heavy atom. The van der Waals surface area contributed by atoms with E-state index >= 15 is 0 Å². The highest BCUT2D eigenvalue weighted by Gasteiger charge is 2.35. The Kier molecular flexibility index (Phi) is 10.6. The van der Waals surface area contributed by atoms with Crippen LogP contribution in [0.5, 0.6) is 0 Å². The second-order valence-electron chi connectivity index (χ2n) is 8.01. The van der Waals surface area contributed by atoms with Gasteiger partial charge in [0.1, 0.15) is 6.04 Å². The maximum atomic E-state index is 12.9. The van der Waals surface area contributed by atoms with Crippen molar-refractivity contribution in [2.24, 2.45) is 0 Å². The SMILES string of the molecule is CCCCCCCCCCOC(=O)CC1C(=O)NCCN1C(=O)c1cccc([N+](=O)[O-])c1. The van der Waals surface area contributed by atoms with E-state index in [-0.39, 0.29) is 30.8 Å². The summed E-state index contributed by atoms with van der Waals surface area (Å²) in [6.07, 6.45) is 8.80. The highest BCUT2D eigenvalue weighted by molar-refractivity contribution is 5.99. The summed E-state index contributed by atoms with van der Waals surface area (Å²) in [5, 5.41) is 13.7. The summed E-state index contributed by atoms with van der Waals surface area (Å²) in [5.74, 6) is -1.49. The molecule has 1 aliphatic heterocycles. The summed E-state index contributed by atoms with van der Waals surface area (Å²) in [7, 11) is 0. The van der Waals surface area contributed by atoms with E-state index in [1.165, 1.54) is 61.3 Å². The van der Waals surface area contributed by atoms with Gasteiger partial charge in [-0.05, 0) is 12.5 Å². The monoisotopic (exact) mass is 447 g/mol. The number of benzene rings is 1. The number of nitrogens with zero attached hydrogens (tertiary/aromatic N) is 2. The predicted molar refractivity (Wildman–Crippen MR) is 119 cm³/mol. The van der Waals surface area contributed by atoms with Crippen LogP contribution >= 0.6 is 0 Å². The molecule has 0 aliphatic carbocycles. The Balaban J connectivity index is 1.83. The molecule has 1 aliphatic rings. The topological polar surface area (TPSA) is 119 Å². The maximum absolute atomic E-state index is 12.9. The number of rotatable bonds is 13. The van der Waals surface area contributed by atoms with Crippen molar-refractivity contribution in [2.75, 3.05) is 19.7 Å². The van der Waals surface area contributed by atoms with Crippen LogP contribution in [-0.2, 0) is 14.3 Å². The van der Waals surface area contributed by atoms with Crippen molar-refractivity contribution >= 4 is 23.5 Å². The number of nitro groups is 1. The normalized spacial score (nSPS) is 15.8. The molecule has 176 valence electrons. The number of hydrogen-bond donors (Lipinski definition) is 1. The molecule has 0 spiro atoms. The lowest BCUT2D eigenvalue weighted by molar-refractivity contribution is -0.384. The Hall–Kier alpha value is -2.97. The second-order valence-corrected chi connectivity index (χ2v) is 8.01. The summed E-state index contributed by atoms with van der Waals surface area (Å²) < 4.78 is 5.28. The zero-order chi connectivity index (χ0) is 23.3. The second kappa shape index (κ2) is 13.4. The third kappa shape index (κ3) is 7.94. The molecule has 1 aromatic carbocycles. The Morgan fingerprint density at radius 1 is 1.16 bits per heavy atom. The zero-order valence-electron chi connectivity index (χ0n) is 18.7. The van der Waals surface area contributed by atoms with Crippen molar-refractivity contribution in [1.82, 2.24) is 10.2 Å². The van der Waals surface area contributed by atoms with E-state index in [9.17, 15) is 24.5 Å². The molecule has 2 rings (SSSR count). The van der Waals surface area contributed by atoms with Gasteiger partial charge in [-0.15, -0.1) is 0 Å². The molecule has 32 heavy (non-hydrogen) atoms. The molecule has 1 saturated heterocycles. The van der Waals surface area contributed by atoms with E-state index in [0.717, 1.165) is 19.3 Å². The number of nitro benzene ring substituents is 1. The molecule has 2 amide bonds. The van der Waals surface area contributed by atoms with Crippen LogP contribution in [0.1, 0.15) is 75.1 Å². The van der Waals surface area contributed by atoms with Crippen LogP contribution in [0.2, 0.25) is 0 Å². The van der Waals surface area contributed by atoms with Gasteiger partial charge in [-0.3, -0.25) is 24.5 Å². The fraction of sp³-hybridized carbons (Fsp3) is 0.609. The minimum atomic E-state index is -0.999. The molecule has 1 unspecified atom stereocenters. The van der Waals surface area contributed by atoms with Crippen molar-refractivity contribution in [2.45, 2.75) is 70.8 Å². The molecule has 9 heteroatoms. The molecular formula is C23H33N3O6. The van der Waals surface area contributed by atoms with E-state index in [0.29, 0.717) is 6.61 Å². The number of carbonyl (C=O) groups excluding carboxylic acids is 3. The number of esters is 1. The third-order valence-electron chi connectivity index (χ3n) is 5.52. The fourth-order valence-electron chi connectivity index (χ4n) is 3.72. The van der Waals surface area contributed by atoms with E-state index in [4.69, 9.17) is 4.74 Å². The Morgan fingerprint density at radius 3 is 2.53 bits per heavy atom. The van der Waals surface area contributed by atoms with Gasteiger partial charge in [-0.25, -0.2) is 0 Å². The molecular weight excluding hydrogens is 414 g/mol. The lowest BCUT2D eigenvalue weighted by Gasteiger charge is -2.34. The number of amides is 2. The van der Waals surface area contributed by atoms with Crippen LogP contribution in [0.25, 0.3) is 0 Å². The molecule has 1 aromatic rings. The highest BCUT2D eigenvalue weighted by Crippen LogP contribution is 2.19. The van der Waals surface area contributed by atoms with Crippen molar-refractivity contribution < 1.29 is 24.0 Å². The molecule has 9 nitrogen and oxygen atoms in total. The van der Waals surface area contributed by atoms with E-state index in [1.54, 1.807) is 0 Å². The van der Waals surface area contributed by atoms with Crippen LogP contribution < -0.4 is 5.32 Å². The van der Waals surface area contributed by atoms with Gasteiger partial charge in [0.05, 0.1) is 18.0 Å². The summed E-state index contributed by atoms with van der Waals surface area (Å²) in [6, 6.07) is 4.34. The van der Waals surface area contributed by atoms with Gasteiger partial charge in [-0.2, -0.15) is 0 Å². The summed E-state index contributed by atoms with van der Waals surface area (Å²) in [4.78, 5) is 49.2. The number of unbranched alkanes of at least 4 members (excludes halogenated alkanes) is 7. The van der Waals surface area contributed by atoms with Gasteiger partial charge in [0.25, 0.3) is 11.6 Å². The number of non-ortho nitro benzene ring substituents is 1. The number of piperazine rings is 1. The molecule has 0 aromatic heterocycles. The maximum Gasteiger partial charge on any atom is 0.308 e. The standard InChI is InChI=1S/C23H33N3O6/c1-2-3-4-5-6-7-8-9-15-32-21(27)17-20-22(28)24-13-14-25(20)23(29)18-11-10-12-19(16-18)26(30)31/h10-12,16,20H,2-9,13-15,17H2,1H3,(H,24,28). The summed E-state index contributed by atoms with van der Waals surface area (Å²) in [6.45, 7) is 2.95. The van der Waals surface area contributed by atoms with Gasteiger partial charge in [0.15, 0.2) is 0 Å². The van der Waals surface area contributed by atoms with Crippen molar-refractivity contribution in [1.29, 1.82) is 0 Å². The predicted octanol–water partition coefficient (Wildman–Crippen LogP) is 3.61. The van der Waals surface area contributed by atoms with Crippen LogP contribution in [-0.4, -0.2) is 53.3 Å². The molecule has 0 saturated carbocycles. The third-order valence-corrected chi connectivity index (χ3v) is 5.52. The van der Waals surface area contributed by atoms with Crippen molar-refractivity contribution in [3.63, 3.8) is 0 Å². The average Bonchev–Trinajstić information content (AvgIpc) is 2.79. The van der Waals surface area contributed by atoms with Crippen LogP contribution in [0.3, 0.4) is 0 Å². The Labute approximate surface area is 188 Å². The molecule has 1 N–H and O–H groups in total. The minimum absolute atomic E-state index is 0.103. The number of hydrogen-bond acceptors (Lipinski definition) is 6. The number of nitrogens with one attached hydrogen (secondary N) is 1. The van der Waals surface area contributed by atoms with Crippen LogP contribution in [0.15, 0.2) is 24.3 Å². The number of ether oxygens (including phenoxy) is 1. The fourth-order valence-corrected chi connectivity index (χ4v) is 3.72. The van der Waals surface area contributed by atoms with Crippen molar-refractivity contribution in [3.05, 3.63) is 39.9 Å². The lowest BCUT2D eigenvalue weighted by Crippen LogP contribution is -2.57. The average molecular weight is 448 g/mol. The minimum Gasteiger partial charge on any atom is -0.466 e. The van der Waals surface area contributed by atoms with Crippen LogP contribution in [0.4, 0.5) is 5.69 Å². The van der Waals surface area contributed by atoms with E-state index < -0.39 is 28.7 Å². The highest BCUT2D eigenvalue weighted by atomic mass is 16.6. The molecule has 1 fully saturated rings. The molecule has 1 heterocycles. The first-order valence-electron chi connectivity index (χ1n) is 11.4. The first-order chi connectivity index (χ1) is 15.4. The number of carbonyl (C=O) groups is 3. The first-order valence-corrected chi connectivity index (χ1v) is 11.4. The van der Waals surface area contributed by atoms with Gasteiger partial charge < -0.3 is 15.0 Å². The first kappa shape index (κ1) is 25.3. The molecule has 0 radical (unpaired) electrons. The Bertz CT molecular complexity index is 798. The van der Waals surface area contributed by atoms with Crippen molar-refractivity contribution in [3.8, 4) is 0 Å². The van der Waals surface area contributed by atoms with Gasteiger partial charge in [-0.1, -0.05) is 57.9 Å². The summed E-state index contributed by atoms with van der Waals surface area (Å²) in [5.41, 5.74) is -0.107. The van der Waals surface area contributed by atoms with E-state index in [1.807, 2.05) is 0 Å². The largest absolute Gasteiger partial charge is 0.466 e. The van der Waals surface area contributed by atoms with Gasteiger partial charge in [0.2, 0.25) is 5.91 Å². The molecule has 1 atom stereocenters.